The molecule has 0 aliphatic heterocycles. The van der Waals surface area contributed by atoms with Gasteiger partial charge < -0.3 is 20.6 Å². The van der Waals surface area contributed by atoms with Crippen LogP contribution >= 0.6 is 0 Å². The Labute approximate surface area is 214 Å². The van der Waals surface area contributed by atoms with Gasteiger partial charge in [-0.15, -0.1) is 0 Å². The summed E-state index contributed by atoms with van der Waals surface area (Å²) < 4.78 is 1.21. The molecular weight excluding hydrogens is 470 g/mol. The zero-order chi connectivity index (χ0) is 26.5. The van der Waals surface area contributed by atoms with Crippen molar-refractivity contribution < 1.29 is 9.90 Å². The van der Waals surface area contributed by atoms with Crippen LogP contribution in [0.3, 0.4) is 0 Å². The van der Waals surface area contributed by atoms with E-state index in [1.165, 1.54) is 21.7 Å². The van der Waals surface area contributed by atoms with Crippen LogP contribution in [0, 0.1) is 0 Å². The van der Waals surface area contributed by atoms with Crippen LogP contribution in [0.2, 0.25) is 0 Å². The third kappa shape index (κ3) is 5.56. The Morgan fingerprint density at radius 2 is 1.59 bits per heavy atom. The number of nitrogens with zero attached hydrogens (tertiary/aromatic N) is 2. The number of benzene rings is 3. The number of nitrogens with one attached hydrogen (secondary N) is 3. The van der Waals surface area contributed by atoms with Gasteiger partial charge in [-0.1, -0.05) is 66.7 Å². The molecule has 0 radical (unpaired) electrons. The minimum absolute atomic E-state index is 0.0226. The van der Waals surface area contributed by atoms with Crippen molar-refractivity contribution in [3.63, 3.8) is 0 Å². The largest absolute Gasteiger partial charge is 0.505 e. The number of carbonyl (C=O) groups is 1. The molecule has 1 amide bonds. The molecule has 1 heterocycles. The zero-order valence-corrected chi connectivity index (χ0v) is 20.9. The van der Waals surface area contributed by atoms with Crippen LogP contribution in [0.15, 0.2) is 88.5 Å². The molecule has 0 saturated heterocycles. The summed E-state index contributed by atoms with van der Waals surface area (Å²) in [4.78, 5) is 40.8. The third-order valence-corrected chi connectivity index (χ3v) is 5.95. The predicted molar refractivity (Wildman–Crippen MR) is 145 cm³/mol. The maximum Gasteiger partial charge on any atom is 0.291 e. The smallest absolute Gasteiger partial charge is 0.291 e. The Bertz CT molecular complexity index is 1510. The van der Waals surface area contributed by atoms with Crippen LogP contribution in [0.1, 0.15) is 34.5 Å². The molecule has 3 aromatic carbocycles. The number of aromatic hydroxyl groups is 1. The number of para-hydroxylation sites is 1. The first kappa shape index (κ1) is 25.3. The highest BCUT2D eigenvalue weighted by molar-refractivity contribution is 5.98. The fourth-order valence-corrected chi connectivity index (χ4v) is 3.95. The van der Waals surface area contributed by atoms with E-state index in [-0.39, 0.29) is 41.0 Å². The first-order chi connectivity index (χ1) is 17.8. The number of phenols is 1. The monoisotopic (exact) mass is 499 g/mol. The molecule has 0 saturated carbocycles. The average Bonchev–Trinajstić information content (AvgIpc) is 2.90. The van der Waals surface area contributed by atoms with Crippen LogP contribution in [0.25, 0.3) is 0 Å². The van der Waals surface area contributed by atoms with E-state index in [4.69, 9.17) is 0 Å². The van der Waals surface area contributed by atoms with Crippen molar-refractivity contribution in [2.75, 3.05) is 24.7 Å². The Hall–Kier alpha value is -4.79. The van der Waals surface area contributed by atoms with Crippen LogP contribution < -0.4 is 21.8 Å². The van der Waals surface area contributed by atoms with E-state index in [1.54, 1.807) is 20.2 Å². The minimum Gasteiger partial charge on any atom is -0.505 e. The minimum atomic E-state index is -0.513. The van der Waals surface area contributed by atoms with Crippen LogP contribution in [0.4, 0.5) is 17.1 Å². The van der Waals surface area contributed by atoms with E-state index in [0.29, 0.717) is 0 Å². The lowest BCUT2D eigenvalue weighted by molar-refractivity contribution is 0.0824. The van der Waals surface area contributed by atoms with E-state index >= 15 is 0 Å². The molecule has 4 rings (SSSR count). The molecule has 37 heavy (non-hydrogen) atoms. The van der Waals surface area contributed by atoms with E-state index in [1.807, 2.05) is 67.6 Å². The van der Waals surface area contributed by atoms with Gasteiger partial charge in [0, 0.05) is 20.1 Å². The van der Waals surface area contributed by atoms with Crippen molar-refractivity contribution >= 4 is 23.0 Å². The summed E-state index contributed by atoms with van der Waals surface area (Å²) in [5.74, 6) is -0.720. The van der Waals surface area contributed by atoms with Crippen molar-refractivity contribution in [3.8, 4) is 5.75 Å². The van der Waals surface area contributed by atoms with Gasteiger partial charge in [-0.3, -0.25) is 19.5 Å². The molecule has 190 valence electrons. The number of anilines is 3. The van der Waals surface area contributed by atoms with Gasteiger partial charge in [0.1, 0.15) is 11.4 Å². The van der Waals surface area contributed by atoms with Crippen molar-refractivity contribution in [2.45, 2.75) is 19.5 Å². The molecule has 0 aliphatic rings. The molecule has 1 aromatic heterocycles. The summed E-state index contributed by atoms with van der Waals surface area (Å²) >= 11 is 0. The third-order valence-electron chi connectivity index (χ3n) is 5.95. The maximum atomic E-state index is 13.6. The SMILES string of the molecule is C[C@@H](Nc1c(Nc2cccc(C(=O)N(C)C)c2O)c(=O)n(Cc2ccccc2)[nH]c1=O)c1ccccc1. The summed E-state index contributed by atoms with van der Waals surface area (Å²) in [5, 5.41) is 19.6. The van der Waals surface area contributed by atoms with E-state index in [0.717, 1.165) is 11.1 Å². The quantitative estimate of drug-likeness (QED) is 0.273. The molecule has 9 nitrogen and oxygen atoms in total. The maximum absolute atomic E-state index is 13.6. The lowest BCUT2D eigenvalue weighted by atomic mass is 10.1. The first-order valence-corrected chi connectivity index (χ1v) is 11.8. The van der Waals surface area contributed by atoms with Gasteiger partial charge in [0.2, 0.25) is 0 Å². The van der Waals surface area contributed by atoms with Gasteiger partial charge in [0.25, 0.3) is 17.0 Å². The lowest BCUT2D eigenvalue weighted by Crippen LogP contribution is -2.34. The average molecular weight is 500 g/mol. The number of hydrogen-bond acceptors (Lipinski definition) is 6. The molecule has 9 heteroatoms. The highest BCUT2D eigenvalue weighted by Crippen LogP contribution is 2.32. The number of hydrogen-bond donors (Lipinski definition) is 4. The highest BCUT2D eigenvalue weighted by atomic mass is 16.3. The normalized spacial score (nSPS) is 11.5. The molecule has 0 fully saturated rings. The highest BCUT2D eigenvalue weighted by Gasteiger charge is 2.21. The summed E-state index contributed by atoms with van der Waals surface area (Å²) in [5.41, 5.74) is 0.889. The summed E-state index contributed by atoms with van der Waals surface area (Å²) in [6.45, 7) is 2.02. The molecule has 0 spiro atoms. The molecular formula is C28H29N5O4. The van der Waals surface area contributed by atoms with E-state index in [9.17, 15) is 19.5 Å². The number of H-pyrrole nitrogens is 1. The van der Waals surface area contributed by atoms with Gasteiger partial charge in [-0.2, -0.15) is 0 Å². The lowest BCUT2D eigenvalue weighted by Gasteiger charge is -2.20. The molecule has 0 unspecified atom stereocenters. The molecule has 0 bridgehead atoms. The number of carbonyl (C=O) groups excluding carboxylic acids is 1. The number of aromatic nitrogens is 2. The van der Waals surface area contributed by atoms with E-state index in [2.05, 4.69) is 15.7 Å². The van der Waals surface area contributed by atoms with Crippen LogP contribution in [-0.2, 0) is 6.54 Å². The fourth-order valence-electron chi connectivity index (χ4n) is 3.95. The summed E-state index contributed by atoms with van der Waals surface area (Å²) in [6, 6.07) is 23.1. The summed E-state index contributed by atoms with van der Waals surface area (Å²) in [6.07, 6.45) is 0. The fraction of sp³-hybridized carbons (Fsp3) is 0.179. The van der Waals surface area contributed by atoms with Gasteiger partial charge >= 0.3 is 0 Å². The molecule has 4 aromatic rings. The van der Waals surface area contributed by atoms with Crippen molar-refractivity contribution in [3.05, 3.63) is 116 Å². The predicted octanol–water partition coefficient (Wildman–Crippen LogP) is 3.91. The Morgan fingerprint density at radius 3 is 2.24 bits per heavy atom. The van der Waals surface area contributed by atoms with E-state index < -0.39 is 17.0 Å². The summed E-state index contributed by atoms with van der Waals surface area (Å²) in [7, 11) is 3.15. The number of phenolic OH excluding ortho intramolecular Hbond substituents is 1. The van der Waals surface area contributed by atoms with Gasteiger partial charge in [0.15, 0.2) is 5.75 Å². The zero-order valence-electron chi connectivity index (χ0n) is 20.9. The van der Waals surface area contributed by atoms with Gasteiger partial charge in [0.05, 0.1) is 17.8 Å². The van der Waals surface area contributed by atoms with Crippen molar-refractivity contribution in [1.82, 2.24) is 14.7 Å². The van der Waals surface area contributed by atoms with Crippen LogP contribution in [-0.4, -0.2) is 39.8 Å². The molecule has 0 aliphatic carbocycles. The number of amides is 1. The van der Waals surface area contributed by atoms with Crippen molar-refractivity contribution in [2.24, 2.45) is 0 Å². The van der Waals surface area contributed by atoms with Gasteiger partial charge in [-0.05, 0) is 30.2 Å². The first-order valence-electron chi connectivity index (χ1n) is 11.8. The Balaban J connectivity index is 1.81. The second-order valence-corrected chi connectivity index (χ2v) is 8.87. The Morgan fingerprint density at radius 1 is 0.946 bits per heavy atom. The standard InChI is InChI=1S/C28H29N5O4/c1-18(20-13-8-5-9-14-20)29-23-24(30-22-16-10-15-21(25(22)34)27(36)32(2)3)28(37)33(31-26(23)35)17-19-11-6-4-7-12-19/h4-16,18,29-30,34H,17H2,1-3H3,(H,31,35)/t18-/m1/s1. The molecule has 4 N–H and O–H groups in total. The molecule has 1 atom stereocenters. The second kappa shape index (κ2) is 10.9. The van der Waals surface area contributed by atoms with Gasteiger partial charge in [-0.25, -0.2) is 4.68 Å². The van der Waals surface area contributed by atoms with Crippen LogP contribution in [0.5, 0.6) is 5.75 Å². The number of aromatic amines is 1. The topological polar surface area (TPSA) is 119 Å². The second-order valence-electron chi connectivity index (χ2n) is 8.87. The Kier molecular flexibility index (Phi) is 7.43. The number of rotatable bonds is 8. The van der Waals surface area contributed by atoms with Crippen molar-refractivity contribution in [1.29, 1.82) is 0 Å².